The third-order valence-electron chi connectivity index (χ3n) is 4.38. The van der Waals surface area contributed by atoms with Crippen LogP contribution in [0.3, 0.4) is 0 Å². The highest BCUT2D eigenvalue weighted by molar-refractivity contribution is 7.89. The lowest BCUT2D eigenvalue weighted by atomic mass is 10.2. The molecule has 0 atom stereocenters. The molecular formula is C20H25N3O4S. The number of rotatable bonds is 8. The quantitative estimate of drug-likeness (QED) is 0.620. The van der Waals surface area contributed by atoms with Gasteiger partial charge in [-0.3, -0.25) is 0 Å². The Balaban J connectivity index is 2.17. The van der Waals surface area contributed by atoms with Crippen LogP contribution in [0.4, 0.5) is 0 Å². The summed E-state index contributed by atoms with van der Waals surface area (Å²) in [4.78, 5) is 4.75. The maximum Gasteiger partial charge on any atom is 0.238 e. The summed E-state index contributed by atoms with van der Waals surface area (Å²) in [5, 5.41) is 5.27. The molecule has 0 bridgehead atoms. The number of imidazole rings is 1. The zero-order chi connectivity index (χ0) is 20.3. The van der Waals surface area contributed by atoms with Crippen LogP contribution in [0.25, 0.3) is 22.4 Å². The predicted octanol–water partition coefficient (Wildman–Crippen LogP) is 3.56. The number of ether oxygens (including phenoxy) is 2. The molecule has 1 heterocycles. The van der Waals surface area contributed by atoms with Gasteiger partial charge < -0.3 is 14.0 Å². The lowest BCUT2D eigenvalue weighted by Gasteiger charge is -2.13. The van der Waals surface area contributed by atoms with Crippen LogP contribution in [0.15, 0.2) is 41.3 Å². The zero-order valence-corrected chi connectivity index (χ0v) is 17.1. The number of fused-ring (bicyclic) bond motifs is 1. The molecule has 0 spiro atoms. The number of sulfonamides is 1. The molecule has 2 aromatic carbocycles. The van der Waals surface area contributed by atoms with Gasteiger partial charge in [0.1, 0.15) is 5.82 Å². The Morgan fingerprint density at radius 2 is 1.86 bits per heavy atom. The van der Waals surface area contributed by atoms with Gasteiger partial charge in [0.25, 0.3) is 0 Å². The fraction of sp³-hybridized carbons (Fsp3) is 0.350. The van der Waals surface area contributed by atoms with E-state index in [4.69, 9.17) is 19.6 Å². The molecule has 0 unspecified atom stereocenters. The van der Waals surface area contributed by atoms with Crippen LogP contribution in [0.1, 0.15) is 26.7 Å². The van der Waals surface area contributed by atoms with E-state index in [0.29, 0.717) is 23.6 Å². The molecule has 0 fully saturated rings. The number of aryl methyl sites for hydroxylation is 1. The maximum absolute atomic E-state index is 11.7. The lowest BCUT2D eigenvalue weighted by molar-refractivity contribution is 0.294. The molecule has 0 saturated heterocycles. The Hall–Kier alpha value is -2.58. The second kappa shape index (κ2) is 8.20. The summed E-state index contributed by atoms with van der Waals surface area (Å²) in [5.74, 6) is 2.06. The van der Waals surface area contributed by atoms with Gasteiger partial charge in [-0.25, -0.2) is 18.5 Å². The van der Waals surface area contributed by atoms with Gasteiger partial charge in [0.05, 0.1) is 29.6 Å². The van der Waals surface area contributed by atoms with Gasteiger partial charge in [-0.15, -0.1) is 0 Å². The highest BCUT2D eigenvalue weighted by Gasteiger charge is 2.17. The van der Waals surface area contributed by atoms with Gasteiger partial charge in [-0.2, -0.15) is 0 Å². The molecule has 28 heavy (non-hydrogen) atoms. The zero-order valence-electron chi connectivity index (χ0n) is 16.3. The first kappa shape index (κ1) is 20.2. The minimum Gasteiger partial charge on any atom is -0.493 e. The predicted molar refractivity (Wildman–Crippen MR) is 109 cm³/mol. The van der Waals surface area contributed by atoms with Crippen molar-refractivity contribution in [1.29, 1.82) is 0 Å². The fourth-order valence-corrected chi connectivity index (χ4v) is 3.63. The normalized spacial score (nSPS) is 11.7. The molecule has 2 N–H and O–H groups in total. The van der Waals surface area contributed by atoms with Crippen molar-refractivity contribution in [3.05, 3.63) is 36.4 Å². The van der Waals surface area contributed by atoms with Crippen LogP contribution in [-0.4, -0.2) is 31.7 Å². The van der Waals surface area contributed by atoms with Crippen LogP contribution in [0.2, 0.25) is 0 Å². The summed E-state index contributed by atoms with van der Waals surface area (Å²) < 4.78 is 36.7. The molecule has 1 aromatic heterocycles. The highest BCUT2D eigenvalue weighted by Crippen LogP contribution is 2.34. The van der Waals surface area contributed by atoms with Crippen LogP contribution in [0.5, 0.6) is 11.5 Å². The molecular weight excluding hydrogens is 378 g/mol. The number of methoxy groups -OCH3 is 1. The Morgan fingerprint density at radius 1 is 1.07 bits per heavy atom. The first-order valence-corrected chi connectivity index (χ1v) is 10.8. The summed E-state index contributed by atoms with van der Waals surface area (Å²) in [6.45, 7) is 5.46. The molecule has 150 valence electrons. The van der Waals surface area contributed by atoms with Gasteiger partial charge in [0.2, 0.25) is 10.0 Å². The Kier molecular flexibility index (Phi) is 5.90. The minimum absolute atomic E-state index is 0.0504. The molecule has 0 radical (unpaired) electrons. The monoisotopic (exact) mass is 403 g/mol. The van der Waals surface area contributed by atoms with E-state index in [1.54, 1.807) is 13.2 Å². The average Bonchev–Trinajstić information content (AvgIpc) is 3.03. The molecule has 3 aromatic rings. The van der Waals surface area contributed by atoms with E-state index >= 15 is 0 Å². The molecule has 0 aliphatic rings. The topological polar surface area (TPSA) is 96.4 Å². The summed E-state index contributed by atoms with van der Waals surface area (Å²) in [7, 11) is -2.18. The number of hydrogen-bond acceptors (Lipinski definition) is 5. The van der Waals surface area contributed by atoms with Gasteiger partial charge in [-0.1, -0.05) is 13.8 Å². The van der Waals surface area contributed by atoms with E-state index in [2.05, 4.69) is 11.5 Å². The second-order valence-electron chi connectivity index (χ2n) is 6.50. The van der Waals surface area contributed by atoms with E-state index in [-0.39, 0.29) is 4.90 Å². The number of benzene rings is 2. The number of hydrogen-bond donors (Lipinski definition) is 1. The van der Waals surface area contributed by atoms with Crippen molar-refractivity contribution in [2.24, 2.45) is 5.14 Å². The smallest absolute Gasteiger partial charge is 0.238 e. The Morgan fingerprint density at radius 3 is 2.50 bits per heavy atom. The van der Waals surface area contributed by atoms with Crippen LogP contribution in [0, 0.1) is 0 Å². The van der Waals surface area contributed by atoms with Crippen molar-refractivity contribution < 1.29 is 17.9 Å². The standard InChI is InChI=1S/C20H25N3O4S/c1-4-10-23-17-8-7-15(28(21,24)25)13-16(17)22-20(23)14-6-9-18(26-3)19(12-14)27-11-5-2/h6-9,12-13H,4-5,10-11H2,1-3H3,(H2,21,24,25). The van der Waals surface area contributed by atoms with Crippen LogP contribution < -0.4 is 14.6 Å². The molecule has 3 rings (SSSR count). The molecule has 7 nitrogen and oxygen atoms in total. The number of aromatic nitrogens is 2. The van der Waals surface area contributed by atoms with Crippen LogP contribution in [-0.2, 0) is 16.6 Å². The van der Waals surface area contributed by atoms with Crippen LogP contribution >= 0.6 is 0 Å². The summed E-state index contributed by atoms with van der Waals surface area (Å²) in [6.07, 6.45) is 1.79. The SMILES string of the molecule is CCCOc1cc(-c2nc3cc(S(N)(=O)=O)ccc3n2CCC)ccc1OC. The fourth-order valence-electron chi connectivity index (χ4n) is 3.10. The highest BCUT2D eigenvalue weighted by atomic mass is 32.2. The third-order valence-corrected chi connectivity index (χ3v) is 5.29. The van der Waals surface area contributed by atoms with Gasteiger partial charge in [-0.05, 0) is 49.2 Å². The minimum atomic E-state index is -3.79. The largest absolute Gasteiger partial charge is 0.493 e. The molecule has 0 aliphatic heterocycles. The van der Waals surface area contributed by atoms with Crippen molar-refractivity contribution in [3.63, 3.8) is 0 Å². The summed E-state index contributed by atoms with van der Waals surface area (Å²) in [6, 6.07) is 10.5. The molecule has 8 heteroatoms. The van der Waals surface area contributed by atoms with Gasteiger partial charge in [0.15, 0.2) is 11.5 Å². The van der Waals surface area contributed by atoms with Crippen molar-refractivity contribution in [3.8, 4) is 22.9 Å². The van der Waals surface area contributed by atoms with E-state index < -0.39 is 10.0 Å². The summed E-state index contributed by atoms with van der Waals surface area (Å²) in [5.41, 5.74) is 2.31. The van der Waals surface area contributed by atoms with E-state index in [0.717, 1.165) is 36.3 Å². The van der Waals surface area contributed by atoms with Crippen molar-refractivity contribution in [2.45, 2.75) is 38.1 Å². The number of primary sulfonamides is 1. The van der Waals surface area contributed by atoms with Crippen molar-refractivity contribution in [2.75, 3.05) is 13.7 Å². The Bertz CT molecular complexity index is 1090. The van der Waals surface area contributed by atoms with Gasteiger partial charge >= 0.3 is 0 Å². The Labute approximate surface area is 165 Å². The van der Waals surface area contributed by atoms with Gasteiger partial charge in [0, 0.05) is 12.1 Å². The van der Waals surface area contributed by atoms with E-state index in [1.807, 2.05) is 25.1 Å². The first-order chi connectivity index (χ1) is 13.4. The average molecular weight is 404 g/mol. The van der Waals surface area contributed by atoms with Crippen molar-refractivity contribution in [1.82, 2.24) is 9.55 Å². The number of nitrogens with zero attached hydrogens (tertiary/aromatic N) is 2. The molecule has 0 amide bonds. The summed E-state index contributed by atoms with van der Waals surface area (Å²) >= 11 is 0. The maximum atomic E-state index is 11.7. The lowest BCUT2D eigenvalue weighted by Crippen LogP contribution is -2.11. The molecule has 0 saturated carbocycles. The third kappa shape index (κ3) is 3.98. The number of nitrogens with two attached hydrogens (primary N) is 1. The second-order valence-corrected chi connectivity index (χ2v) is 8.06. The first-order valence-electron chi connectivity index (χ1n) is 9.23. The van der Waals surface area contributed by atoms with E-state index in [9.17, 15) is 8.42 Å². The molecule has 0 aliphatic carbocycles. The van der Waals surface area contributed by atoms with Crippen molar-refractivity contribution >= 4 is 21.1 Å². The van der Waals surface area contributed by atoms with E-state index in [1.165, 1.54) is 12.1 Å².